The SMILES string of the molecule is NC(=O)c1cccc(-c2ccc(C3CCCN(C(=O)COc4ccccc4)C3)nc2)c1. The summed E-state index contributed by atoms with van der Waals surface area (Å²) < 4.78 is 5.61. The van der Waals surface area contributed by atoms with Gasteiger partial charge in [0.2, 0.25) is 5.91 Å². The number of carbonyl (C=O) groups excluding carboxylic acids is 2. The smallest absolute Gasteiger partial charge is 0.260 e. The summed E-state index contributed by atoms with van der Waals surface area (Å²) in [6.07, 6.45) is 3.74. The minimum absolute atomic E-state index is 0.00607. The molecular formula is C25H25N3O3. The van der Waals surface area contributed by atoms with E-state index in [1.807, 2.05) is 65.7 Å². The summed E-state index contributed by atoms with van der Waals surface area (Å²) in [7, 11) is 0. The highest BCUT2D eigenvalue weighted by atomic mass is 16.5. The van der Waals surface area contributed by atoms with Gasteiger partial charge in [0.25, 0.3) is 5.91 Å². The minimum Gasteiger partial charge on any atom is -0.484 e. The molecule has 31 heavy (non-hydrogen) atoms. The number of rotatable bonds is 6. The fourth-order valence-corrected chi connectivity index (χ4v) is 3.87. The van der Waals surface area contributed by atoms with E-state index in [0.717, 1.165) is 36.2 Å². The monoisotopic (exact) mass is 415 g/mol. The Morgan fingerprint density at radius 1 is 1.03 bits per heavy atom. The molecule has 2 aromatic carbocycles. The van der Waals surface area contributed by atoms with Crippen LogP contribution in [0.15, 0.2) is 72.9 Å². The van der Waals surface area contributed by atoms with E-state index in [-0.39, 0.29) is 18.4 Å². The molecule has 0 spiro atoms. The molecule has 2 amide bonds. The number of hydrogen-bond acceptors (Lipinski definition) is 4. The highest BCUT2D eigenvalue weighted by Crippen LogP contribution is 2.28. The molecule has 1 atom stereocenters. The van der Waals surface area contributed by atoms with Crippen molar-refractivity contribution in [1.29, 1.82) is 0 Å². The van der Waals surface area contributed by atoms with Gasteiger partial charge in [-0.2, -0.15) is 0 Å². The molecule has 0 saturated carbocycles. The fourth-order valence-electron chi connectivity index (χ4n) is 3.87. The third-order valence-electron chi connectivity index (χ3n) is 5.56. The Kier molecular flexibility index (Phi) is 6.26. The molecule has 0 aliphatic carbocycles. The molecule has 158 valence electrons. The van der Waals surface area contributed by atoms with E-state index in [4.69, 9.17) is 10.5 Å². The predicted molar refractivity (Wildman–Crippen MR) is 119 cm³/mol. The number of carbonyl (C=O) groups is 2. The number of aromatic nitrogens is 1. The molecule has 1 saturated heterocycles. The van der Waals surface area contributed by atoms with E-state index < -0.39 is 5.91 Å². The third kappa shape index (κ3) is 5.09. The maximum absolute atomic E-state index is 12.6. The Labute approximate surface area is 181 Å². The first-order valence-electron chi connectivity index (χ1n) is 10.4. The van der Waals surface area contributed by atoms with Crippen molar-refractivity contribution in [3.8, 4) is 16.9 Å². The molecule has 0 radical (unpaired) electrons. The molecule has 2 N–H and O–H groups in total. The first-order valence-corrected chi connectivity index (χ1v) is 10.4. The van der Waals surface area contributed by atoms with Gasteiger partial charge in [-0.25, -0.2) is 0 Å². The van der Waals surface area contributed by atoms with Crippen LogP contribution >= 0.6 is 0 Å². The number of hydrogen-bond donors (Lipinski definition) is 1. The van der Waals surface area contributed by atoms with Crippen molar-refractivity contribution in [2.45, 2.75) is 18.8 Å². The second-order valence-electron chi connectivity index (χ2n) is 7.70. The lowest BCUT2D eigenvalue weighted by Crippen LogP contribution is -2.41. The molecule has 3 aromatic rings. The van der Waals surface area contributed by atoms with E-state index >= 15 is 0 Å². The molecule has 6 heteroatoms. The fraction of sp³-hybridized carbons (Fsp3) is 0.240. The summed E-state index contributed by atoms with van der Waals surface area (Å²) >= 11 is 0. The molecule has 2 heterocycles. The van der Waals surface area contributed by atoms with E-state index in [2.05, 4.69) is 4.98 Å². The van der Waals surface area contributed by atoms with Crippen molar-refractivity contribution in [2.24, 2.45) is 5.73 Å². The first kappa shape index (κ1) is 20.6. The van der Waals surface area contributed by atoms with Gasteiger partial charge in [-0.05, 0) is 48.7 Å². The Morgan fingerprint density at radius 2 is 1.87 bits per heavy atom. The van der Waals surface area contributed by atoms with Gasteiger partial charge in [0, 0.05) is 42.0 Å². The van der Waals surface area contributed by atoms with Crippen LogP contribution in [0.3, 0.4) is 0 Å². The summed E-state index contributed by atoms with van der Waals surface area (Å²) in [5, 5.41) is 0. The van der Waals surface area contributed by atoms with Crippen molar-refractivity contribution in [3.05, 3.63) is 84.2 Å². The number of para-hydroxylation sites is 1. The number of likely N-dealkylation sites (tertiary alicyclic amines) is 1. The highest BCUT2D eigenvalue weighted by Gasteiger charge is 2.25. The number of amides is 2. The second kappa shape index (κ2) is 9.43. The number of primary amides is 1. The lowest BCUT2D eigenvalue weighted by molar-refractivity contribution is -0.134. The number of ether oxygens (including phenoxy) is 1. The van der Waals surface area contributed by atoms with Gasteiger partial charge in [0.05, 0.1) is 0 Å². The summed E-state index contributed by atoms with van der Waals surface area (Å²) in [4.78, 5) is 30.6. The molecule has 1 fully saturated rings. The Morgan fingerprint density at radius 3 is 2.61 bits per heavy atom. The zero-order chi connectivity index (χ0) is 21.6. The maximum Gasteiger partial charge on any atom is 0.260 e. The number of piperidine rings is 1. The van der Waals surface area contributed by atoms with Crippen molar-refractivity contribution in [1.82, 2.24) is 9.88 Å². The number of nitrogens with zero attached hydrogens (tertiary/aromatic N) is 2. The second-order valence-corrected chi connectivity index (χ2v) is 7.70. The Hall–Kier alpha value is -3.67. The van der Waals surface area contributed by atoms with Gasteiger partial charge in [-0.15, -0.1) is 0 Å². The normalized spacial score (nSPS) is 16.0. The quantitative estimate of drug-likeness (QED) is 0.666. The number of pyridine rings is 1. The van der Waals surface area contributed by atoms with Gasteiger partial charge < -0.3 is 15.4 Å². The highest BCUT2D eigenvalue weighted by molar-refractivity contribution is 5.94. The van der Waals surface area contributed by atoms with Crippen LogP contribution in [-0.2, 0) is 4.79 Å². The van der Waals surface area contributed by atoms with Gasteiger partial charge in [0.15, 0.2) is 6.61 Å². The van der Waals surface area contributed by atoms with Crippen molar-refractivity contribution >= 4 is 11.8 Å². The molecular weight excluding hydrogens is 390 g/mol. The van der Waals surface area contributed by atoms with Crippen molar-refractivity contribution in [3.63, 3.8) is 0 Å². The van der Waals surface area contributed by atoms with Crippen LogP contribution in [0, 0.1) is 0 Å². The number of nitrogens with two attached hydrogens (primary N) is 1. The standard InChI is InChI=1S/C25H25N3O3/c26-25(30)19-7-4-6-18(14-19)20-11-12-23(27-15-20)21-8-5-13-28(16-21)24(29)17-31-22-9-2-1-3-10-22/h1-4,6-7,9-12,14-15,21H,5,8,13,16-17H2,(H2,26,30). The van der Waals surface area contributed by atoms with Crippen LogP contribution in [0.4, 0.5) is 0 Å². The largest absolute Gasteiger partial charge is 0.484 e. The van der Waals surface area contributed by atoms with E-state index in [9.17, 15) is 9.59 Å². The first-order chi connectivity index (χ1) is 15.1. The van der Waals surface area contributed by atoms with Crippen LogP contribution in [0.1, 0.15) is 34.8 Å². The molecule has 1 aliphatic heterocycles. The summed E-state index contributed by atoms with van der Waals surface area (Å²) in [6.45, 7) is 1.42. The topological polar surface area (TPSA) is 85.5 Å². The van der Waals surface area contributed by atoms with Gasteiger partial charge >= 0.3 is 0 Å². The lowest BCUT2D eigenvalue weighted by atomic mass is 9.93. The predicted octanol–water partition coefficient (Wildman–Crippen LogP) is 3.63. The van der Waals surface area contributed by atoms with Crippen LogP contribution in [-0.4, -0.2) is 41.4 Å². The van der Waals surface area contributed by atoms with Crippen LogP contribution < -0.4 is 10.5 Å². The van der Waals surface area contributed by atoms with E-state index in [0.29, 0.717) is 17.9 Å². The van der Waals surface area contributed by atoms with Gasteiger partial charge in [0.1, 0.15) is 5.75 Å². The average Bonchev–Trinajstić information content (AvgIpc) is 2.83. The minimum atomic E-state index is -0.449. The summed E-state index contributed by atoms with van der Waals surface area (Å²) in [6, 6.07) is 20.6. The molecule has 1 aromatic heterocycles. The van der Waals surface area contributed by atoms with Crippen LogP contribution in [0.2, 0.25) is 0 Å². The van der Waals surface area contributed by atoms with E-state index in [1.54, 1.807) is 12.1 Å². The zero-order valence-electron chi connectivity index (χ0n) is 17.2. The molecule has 1 unspecified atom stereocenters. The van der Waals surface area contributed by atoms with Crippen LogP contribution in [0.25, 0.3) is 11.1 Å². The summed E-state index contributed by atoms with van der Waals surface area (Å²) in [5.74, 6) is 0.436. The van der Waals surface area contributed by atoms with Gasteiger partial charge in [-0.1, -0.05) is 36.4 Å². The Balaban J connectivity index is 1.39. The molecule has 0 bridgehead atoms. The zero-order valence-corrected chi connectivity index (χ0v) is 17.2. The third-order valence-corrected chi connectivity index (χ3v) is 5.56. The molecule has 1 aliphatic rings. The van der Waals surface area contributed by atoms with Gasteiger partial charge in [-0.3, -0.25) is 14.6 Å². The summed E-state index contributed by atoms with van der Waals surface area (Å²) in [5.41, 5.74) is 8.64. The van der Waals surface area contributed by atoms with Crippen molar-refractivity contribution < 1.29 is 14.3 Å². The molecule has 6 nitrogen and oxygen atoms in total. The molecule has 4 rings (SSSR count). The Bertz CT molecular complexity index is 1050. The number of benzene rings is 2. The maximum atomic E-state index is 12.6. The lowest BCUT2D eigenvalue weighted by Gasteiger charge is -2.32. The van der Waals surface area contributed by atoms with E-state index in [1.165, 1.54) is 0 Å². The van der Waals surface area contributed by atoms with Crippen LogP contribution in [0.5, 0.6) is 5.75 Å². The average molecular weight is 415 g/mol. The van der Waals surface area contributed by atoms with Crippen molar-refractivity contribution in [2.75, 3.05) is 19.7 Å².